The summed E-state index contributed by atoms with van der Waals surface area (Å²) in [5.74, 6) is -0.481. The summed E-state index contributed by atoms with van der Waals surface area (Å²) < 4.78 is 47.0. The Morgan fingerprint density at radius 1 is 0.977 bits per heavy atom. The maximum absolute atomic E-state index is 15.2. The standard InChI is InChI=1S/C30H32IN3O8S/c1-32(2)28(36)24-15-19(35)17-33(24)30(21-8-6-7-9-25(21)41-4)22-14-18(31)10-12-23(22)34(29(30)37)43(38,39)27-13-11-20(40-3)16-26(27)42-5/h6-14,16,19,24,35H,15,17H2,1-5H3. The lowest BCUT2D eigenvalue weighted by molar-refractivity contribution is -0.138. The molecule has 2 aliphatic rings. The monoisotopic (exact) mass is 721 g/mol. The van der Waals surface area contributed by atoms with Crippen molar-refractivity contribution in [1.29, 1.82) is 0 Å². The van der Waals surface area contributed by atoms with Gasteiger partial charge in [0.25, 0.3) is 15.9 Å². The van der Waals surface area contributed by atoms with Crippen molar-refractivity contribution >= 4 is 50.1 Å². The van der Waals surface area contributed by atoms with Gasteiger partial charge in [0.1, 0.15) is 22.1 Å². The van der Waals surface area contributed by atoms with E-state index < -0.39 is 33.6 Å². The molecule has 0 bridgehead atoms. The van der Waals surface area contributed by atoms with E-state index in [2.05, 4.69) is 22.6 Å². The molecule has 0 spiro atoms. The van der Waals surface area contributed by atoms with Gasteiger partial charge < -0.3 is 24.2 Å². The summed E-state index contributed by atoms with van der Waals surface area (Å²) in [6, 6.07) is 15.1. The molecular formula is C30H32IN3O8S. The number of hydrogen-bond acceptors (Lipinski definition) is 9. The van der Waals surface area contributed by atoms with E-state index in [0.29, 0.717) is 22.6 Å². The number of halogens is 1. The van der Waals surface area contributed by atoms with Crippen molar-refractivity contribution < 1.29 is 37.3 Å². The lowest BCUT2D eigenvalue weighted by Gasteiger charge is -2.42. The van der Waals surface area contributed by atoms with Crippen molar-refractivity contribution in [3.05, 3.63) is 75.4 Å². The third kappa shape index (κ3) is 4.82. The van der Waals surface area contributed by atoms with Crippen molar-refractivity contribution in [3.63, 3.8) is 0 Å². The van der Waals surface area contributed by atoms with Crippen LogP contribution in [-0.4, -0.2) is 89.3 Å². The van der Waals surface area contributed by atoms with E-state index >= 15 is 4.79 Å². The van der Waals surface area contributed by atoms with Gasteiger partial charge in [0.05, 0.1) is 39.2 Å². The average molecular weight is 722 g/mol. The Morgan fingerprint density at radius 3 is 2.33 bits per heavy atom. The highest BCUT2D eigenvalue weighted by molar-refractivity contribution is 14.1. The van der Waals surface area contributed by atoms with Gasteiger partial charge in [0, 0.05) is 41.4 Å². The minimum Gasteiger partial charge on any atom is -0.497 e. The summed E-state index contributed by atoms with van der Waals surface area (Å²) in [6.07, 6.45) is -0.897. The maximum Gasteiger partial charge on any atom is 0.274 e. The van der Waals surface area contributed by atoms with E-state index in [9.17, 15) is 18.3 Å². The molecule has 1 saturated heterocycles. The number of amides is 2. The third-order valence-electron chi connectivity index (χ3n) is 7.88. The first-order valence-corrected chi connectivity index (χ1v) is 15.9. The first-order valence-electron chi connectivity index (χ1n) is 13.3. The normalized spacial score (nSPS) is 21.9. The summed E-state index contributed by atoms with van der Waals surface area (Å²) in [7, 11) is 2.83. The number of nitrogens with zero attached hydrogens (tertiary/aromatic N) is 3. The van der Waals surface area contributed by atoms with Crippen LogP contribution in [0.4, 0.5) is 5.69 Å². The molecule has 0 aromatic heterocycles. The molecular weight excluding hydrogens is 689 g/mol. The SMILES string of the molecule is COc1ccc(S(=O)(=O)N2C(=O)C(c3ccccc3OC)(N3CC(O)CC3C(=O)N(C)C)c3cc(I)ccc32)c(OC)c1. The number of likely N-dealkylation sites (N-methyl/N-ethyl adjacent to an activating group) is 1. The van der Waals surface area contributed by atoms with Crippen LogP contribution in [0.25, 0.3) is 0 Å². The third-order valence-corrected chi connectivity index (χ3v) is 10.3. The first-order chi connectivity index (χ1) is 20.4. The number of sulfonamides is 1. The Bertz CT molecular complexity index is 1700. The largest absolute Gasteiger partial charge is 0.497 e. The summed E-state index contributed by atoms with van der Waals surface area (Å²) in [6.45, 7) is -0.0707. The molecule has 2 amide bonds. The maximum atomic E-state index is 15.2. The number of hydrogen-bond donors (Lipinski definition) is 1. The lowest BCUT2D eigenvalue weighted by atomic mass is 9.80. The molecule has 1 N–H and O–H groups in total. The van der Waals surface area contributed by atoms with Crippen LogP contribution in [0.3, 0.4) is 0 Å². The zero-order valence-corrected chi connectivity index (χ0v) is 27.2. The summed E-state index contributed by atoms with van der Waals surface area (Å²) in [5, 5.41) is 10.9. The molecule has 2 aliphatic heterocycles. The predicted molar refractivity (Wildman–Crippen MR) is 167 cm³/mol. The van der Waals surface area contributed by atoms with Crippen LogP contribution in [0.15, 0.2) is 65.6 Å². The van der Waals surface area contributed by atoms with Crippen LogP contribution < -0.4 is 18.5 Å². The molecule has 3 atom stereocenters. The number of carbonyl (C=O) groups is 2. The number of carbonyl (C=O) groups excluding carboxylic acids is 2. The Kier molecular flexibility index (Phi) is 8.37. The van der Waals surface area contributed by atoms with Crippen LogP contribution in [0.5, 0.6) is 17.2 Å². The van der Waals surface area contributed by atoms with Gasteiger partial charge in [-0.1, -0.05) is 18.2 Å². The number of rotatable bonds is 8. The summed E-state index contributed by atoms with van der Waals surface area (Å²) in [5.41, 5.74) is -1.05. The summed E-state index contributed by atoms with van der Waals surface area (Å²) >= 11 is 2.10. The second-order valence-corrected chi connectivity index (χ2v) is 13.5. The number of fused-ring (bicyclic) bond motifs is 1. The quantitative estimate of drug-likeness (QED) is 0.350. The smallest absolute Gasteiger partial charge is 0.274 e. The van der Waals surface area contributed by atoms with E-state index in [1.807, 2.05) is 0 Å². The van der Waals surface area contributed by atoms with Crippen molar-refractivity contribution in [2.24, 2.45) is 0 Å². The Labute approximate surface area is 264 Å². The molecule has 5 rings (SSSR count). The minimum absolute atomic E-state index is 0.00809. The molecule has 1 fully saturated rings. The van der Waals surface area contributed by atoms with E-state index in [4.69, 9.17) is 14.2 Å². The molecule has 3 aromatic carbocycles. The number of β-amino-alcohol motifs (C(OH)–C–C–N with tert-alkyl or cyclic N) is 1. The zero-order valence-electron chi connectivity index (χ0n) is 24.3. The van der Waals surface area contributed by atoms with E-state index in [-0.39, 0.29) is 35.2 Å². The zero-order chi connectivity index (χ0) is 31.3. The van der Waals surface area contributed by atoms with Gasteiger partial charge in [-0.05, 0) is 65.4 Å². The fourth-order valence-corrected chi connectivity index (χ4v) is 8.12. The topological polar surface area (TPSA) is 126 Å². The molecule has 11 nitrogen and oxygen atoms in total. The minimum atomic E-state index is -4.60. The van der Waals surface area contributed by atoms with E-state index in [1.165, 1.54) is 44.4 Å². The van der Waals surface area contributed by atoms with E-state index in [1.54, 1.807) is 61.5 Å². The van der Waals surface area contributed by atoms with Gasteiger partial charge in [-0.2, -0.15) is 0 Å². The van der Waals surface area contributed by atoms with Crippen LogP contribution >= 0.6 is 22.6 Å². The molecule has 3 unspecified atom stereocenters. The van der Waals surface area contributed by atoms with Gasteiger partial charge in [-0.3, -0.25) is 14.5 Å². The number of aliphatic hydroxyl groups excluding tert-OH is 1. The molecule has 3 aromatic rings. The number of anilines is 1. The Hall–Kier alpha value is -3.40. The molecule has 0 aliphatic carbocycles. The van der Waals surface area contributed by atoms with Crippen molar-refractivity contribution in [1.82, 2.24) is 9.80 Å². The first kappa shape index (κ1) is 31.0. The van der Waals surface area contributed by atoms with Crippen LogP contribution in [-0.2, 0) is 25.2 Å². The molecule has 0 saturated carbocycles. The van der Waals surface area contributed by atoms with Gasteiger partial charge in [0.2, 0.25) is 5.91 Å². The number of aliphatic hydroxyl groups is 1. The Morgan fingerprint density at radius 2 is 1.67 bits per heavy atom. The molecule has 228 valence electrons. The number of para-hydroxylation sites is 1. The molecule has 43 heavy (non-hydrogen) atoms. The lowest BCUT2D eigenvalue weighted by Crippen LogP contribution is -2.59. The second kappa shape index (κ2) is 11.6. The fraction of sp³-hybridized carbons (Fsp3) is 0.333. The highest BCUT2D eigenvalue weighted by atomic mass is 127. The van der Waals surface area contributed by atoms with Gasteiger partial charge in [0.15, 0.2) is 5.54 Å². The number of ether oxygens (including phenoxy) is 3. The van der Waals surface area contributed by atoms with Gasteiger partial charge >= 0.3 is 0 Å². The number of benzene rings is 3. The van der Waals surface area contributed by atoms with Crippen molar-refractivity contribution in [2.75, 3.05) is 46.3 Å². The van der Waals surface area contributed by atoms with E-state index in [0.717, 1.165) is 7.88 Å². The second-order valence-electron chi connectivity index (χ2n) is 10.5. The van der Waals surface area contributed by atoms with Crippen LogP contribution in [0, 0.1) is 3.57 Å². The molecule has 2 heterocycles. The fourth-order valence-electron chi connectivity index (χ4n) is 6.02. The Balaban J connectivity index is 1.86. The number of likely N-dealkylation sites (tertiary alicyclic amines) is 1. The van der Waals surface area contributed by atoms with Crippen LogP contribution in [0.2, 0.25) is 0 Å². The number of methoxy groups -OCH3 is 3. The highest BCUT2D eigenvalue weighted by Crippen LogP contribution is 2.55. The van der Waals surface area contributed by atoms with Crippen LogP contribution in [0.1, 0.15) is 17.5 Å². The van der Waals surface area contributed by atoms with Crippen molar-refractivity contribution in [2.45, 2.75) is 29.0 Å². The molecule has 13 heteroatoms. The van der Waals surface area contributed by atoms with Gasteiger partial charge in [-0.15, -0.1) is 0 Å². The highest BCUT2D eigenvalue weighted by Gasteiger charge is 2.64. The average Bonchev–Trinajstić information content (AvgIpc) is 3.50. The predicted octanol–water partition coefficient (Wildman–Crippen LogP) is 2.82. The van der Waals surface area contributed by atoms with Gasteiger partial charge in [-0.25, -0.2) is 12.7 Å². The van der Waals surface area contributed by atoms with Crippen molar-refractivity contribution in [3.8, 4) is 17.2 Å². The molecule has 0 radical (unpaired) electrons. The summed E-state index contributed by atoms with van der Waals surface area (Å²) in [4.78, 5) is 31.6.